The van der Waals surface area contributed by atoms with Crippen molar-refractivity contribution < 1.29 is 22.7 Å². The van der Waals surface area contributed by atoms with Crippen LogP contribution in [0.15, 0.2) is 120 Å². The topological polar surface area (TPSA) is 96.0 Å². The van der Waals surface area contributed by atoms with Crippen LogP contribution in [0.25, 0.3) is 0 Å². The minimum absolute atomic E-state index is 0.0614. The molecule has 1 N–H and O–H groups in total. The Morgan fingerprint density at radius 1 is 0.818 bits per heavy atom. The minimum Gasteiger partial charge on any atom is -0.497 e. The number of rotatable bonds is 14. The molecular formula is C35H39N3O5S. The monoisotopic (exact) mass is 613 g/mol. The normalized spacial score (nSPS) is 12.5. The van der Waals surface area contributed by atoms with Gasteiger partial charge in [0.2, 0.25) is 11.8 Å². The zero-order valence-electron chi connectivity index (χ0n) is 25.3. The number of para-hydroxylation sites is 1. The molecule has 9 heteroatoms. The van der Waals surface area contributed by atoms with E-state index in [4.69, 9.17) is 4.74 Å². The van der Waals surface area contributed by atoms with Crippen LogP contribution in [-0.4, -0.2) is 50.9 Å². The third-order valence-electron chi connectivity index (χ3n) is 7.41. The Kier molecular flexibility index (Phi) is 11.2. The Morgan fingerprint density at radius 2 is 1.41 bits per heavy atom. The van der Waals surface area contributed by atoms with Gasteiger partial charge in [-0.15, -0.1) is 0 Å². The number of nitrogens with one attached hydrogen (secondary N) is 1. The molecule has 4 aromatic carbocycles. The Labute approximate surface area is 260 Å². The maximum absolute atomic E-state index is 14.5. The molecule has 2 amide bonds. The zero-order valence-corrected chi connectivity index (χ0v) is 26.1. The van der Waals surface area contributed by atoms with Crippen LogP contribution in [0.5, 0.6) is 5.75 Å². The molecule has 8 nitrogen and oxygen atoms in total. The molecule has 0 bridgehead atoms. The fourth-order valence-electron chi connectivity index (χ4n) is 4.81. The van der Waals surface area contributed by atoms with E-state index in [1.807, 2.05) is 62.4 Å². The van der Waals surface area contributed by atoms with Crippen LogP contribution in [-0.2, 0) is 32.6 Å². The number of nitrogens with zero attached hydrogens (tertiary/aromatic N) is 2. The van der Waals surface area contributed by atoms with Crippen molar-refractivity contribution in [1.82, 2.24) is 10.2 Å². The smallest absolute Gasteiger partial charge is 0.264 e. The molecular weight excluding hydrogens is 574 g/mol. The van der Waals surface area contributed by atoms with Gasteiger partial charge in [-0.25, -0.2) is 8.42 Å². The van der Waals surface area contributed by atoms with Crippen LogP contribution in [0.4, 0.5) is 5.69 Å². The molecule has 230 valence electrons. The number of methoxy groups -OCH3 is 1. The average Bonchev–Trinajstić information content (AvgIpc) is 3.06. The van der Waals surface area contributed by atoms with E-state index in [1.165, 1.54) is 17.0 Å². The molecule has 0 aromatic heterocycles. The summed E-state index contributed by atoms with van der Waals surface area (Å²) in [5, 5.41) is 3.05. The Bertz CT molecular complexity index is 1620. The predicted octanol–water partition coefficient (Wildman–Crippen LogP) is 5.45. The first-order chi connectivity index (χ1) is 21.2. The van der Waals surface area contributed by atoms with E-state index in [1.54, 1.807) is 61.7 Å². The Hall–Kier alpha value is -4.63. The van der Waals surface area contributed by atoms with Crippen molar-refractivity contribution in [3.05, 3.63) is 126 Å². The van der Waals surface area contributed by atoms with Crippen LogP contribution >= 0.6 is 0 Å². The third-order valence-corrected chi connectivity index (χ3v) is 9.20. The molecule has 0 aliphatic rings. The summed E-state index contributed by atoms with van der Waals surface area (Å²) in [5.74, 6) is -0.218. The van der Waals surface area contributed by atoms with Crippen molar-refractivity contribution in [3.63, 3.8) is 0 Å². The van der Waals surface area contributed by atoms with Gasteiger partial charge in [0.1, 0.15) is 18.3 Å². The standard InChI is InChI=1S/C35H39N3O5S/c1-4-27(2)36-35(40)33(24-28-15-8-5-9-16-28)37(25-29-17-14-20-31(23-29)43-3)34(39)26-38(30-18-10-6-11-19-30)44(41,42)32-21-12-7-13-22-32/h5-23,27,33H,4,24-26H2,1-3H3,(H,36,40)/t27-,33+/m1/s1. The van der Waals surface area contributed by atoms with Crippen LogP contribution < -0.4 is 14.4 Å². The molecule has 4 rings (SSSR count). The highest BCUT2D eigenvalue weighted by Gasteiger charge is 2.35. The lowest BCUT2D eigenvalue weighted by Crippen LogP contribution is -2.54. The van der Waals surface area contributed by atoms with Crippen LogP contribution in [0.1, 0.15) is 31.4 Å². The van der Waals surface area contributed by atoms with Crippen molar-refractivity contribution in [2.45, 2.75) is 50.2 Å². The summed E-state index contributed by atoms with van der Waals surface area (Å²) in [7, 11) is -2.57. The van der Waals surface area contributed by atoms with E-state index in [9.17, 15) is 18.0 Å². The first-order valence-electron chi connectivity index (χ1n) is 14.6. The SMILES string of the molecule is CC[C@@H](C)NC(=O)[C@H](Cc1ccccc1)N(Cc1cccc(OC)c1)C(=O)CN(c1ccccc1)S(=O)(=O)c1ccccc1. The minimum atomic E-state index is -4.13. The molecule has 4 aromatic rings. The highest BCUT2D eigenvalue weighted by molar-refractivity contribution is 7.92. The Balaban J connectivity index is 1.79. The first kappa shape index (κ1) is 32.3. The van der Waals surface area contributed by atoms with Crippen molar-refractivity contribution in [3.8, 4) is 5.75 Å². The molecule has 44 heavy (non-hydrogen) atoms. The molecule has 0 aliphatic carbocycles. The van der Waals surface area contributed by atoms with Gasteiger partial charge in [0.05, 0.1) is 17.7 Å². The van der Waals surface area contributed by atoms with E-state index in [-0.39, 0.29) is 29.8 Å². The number of sulfonamides is 1. The molecule has 0 heterocycles. The predicted molar refractivity (Wildman–Crippen MR) is 173 cm³/mol. The molecule has 0 saturated carbocycles. The number of ether oxygens (including phenoxy) is 1. The summed E-state index contributed by atoms with van der Waals surface area (Å²) in [6, 6.07) is 32.3. The van der Waals surface area contributed by atoms with Crippen LogP contribution in [0, 0.1) is 0 Å². The van der Waals surface area contributed by atoms with Gasteiger partial charge in [-0.3, -0.25) is 13.9 Å². The van der Waals surface area contributed by atoms with Crippen molar-refractivity contribution >= 4 is 27.5 Å². The second kappa shape index (κ2) is 15.2. The van der Waals surface area contributed by atoms with Crippen LogP contribution in [0.2, 0.25) is 0 Å². The van der Waals surface area contributed by atoms with E-state index in [0.717, 1.165) is 15.4 Å². The second-order valence-corrected chi connectivity index (χ2v) is 12.4. The van der Waals surface area contributed by atoms with Crippen molar-refractivity contribution in [2.24, 2.45) is 0 Å². The summed E-state index contributed by atoms with van der Waals surface area (Å²) in [5.41, 5.74) is 1.95. The number of carbonyl (C=O) groups is 2. The summed E-state index contributed by atoms with van der Waals surface area (Å²) < 4.78 is 34.5. The molecule has 0 spiro atoms. The highest BCUT2D eigenvalue weighted by Crippen LogP contribution is 2.25. The van der Waals surface area contributed by atoms with Crippen LogP contribution in [0.3, 0.4) is 0 Å². The number of hydrogen-bond donors (Lipinski definition) is 1. The van der Waals surface area contributed by atoms with E-state index in [0.29, 0.717) is 17.9 Å². The van der Waals surface area contributed by atoms with E-state index >= 15 is 0 Å². The van der Waals surface area contributed by atoms with Gasteiger partial charge in [-0.1, -0.05) is 85.8 Å². The van der Waals surface area contributed by atoms with Gasteiger partial charge >= 0.3 is 0 Å². The number of carbonyl (C=O) groups excluding carboxylic acids is 2. The first-order valence-corrected chi connectivity index (χ1v) is 16.1. The Morgan fingerprint density at radius 3 is 2.02 bits per heavy atom. The highest BCUT2D eigenvalue weighted by atomic mass is 32.2. The third kappa shape index (κ3) is 8.26. The number of hydrogen-bond acceptors (Lipinski definition) is 5. The lowest BCUT2D eigenvalue weighted by molar-refractivity contribution is -0.140. The second-order valence-electron chi connectivity index (χ2n) is 10.6. The van der Waals surface area contributed by atoms with Crippen molar-refractivity contribution in [2.75, 3.05) is 18.0 Å². The number of benzene rings is 4. The van der Waals surface area contributed by atoms with Gasteiger partial charge in [-0.2, -0.15) is 0 Å². The summed E-state index contributed by atoms with van der Waals surface area (Å²) in [6.07, 6.45) is 0.959. The van der Waals surface area contributed by atoms with Crippen molar-refractivity contribution in [1.29, 1.82) is 0 Å². The summed E-state index contributed by atoms with van der Waals surface area (Å²) in [4.78, 5) is 29.9. The van der Waals surface area contributed by atoms with Gasteiger partial charge in [0, 0.05) is 19.0 Å². The number of anilines is 1. The largest absolute Gasteiger partial charge is 0.497 e. The molecule has 0 radical (unpaired) electrons. The molecule has 2 atom stereocenters. The number of amides is 2. The van der Waals surface area contributed by atoms with Gasteiger partial charge < -0.3 is 15.0 Å². The van der Waals surface area contributed by atoms with Gasteiger partial charge in [0.25, 0.3) is 10.0 Å². The van der Waals surface area contributed by atoms with Gasteiger partial charge in [0.15, 0.2) is 0 Å². The lowest BCUT2D eigenvalue weighted by atomic mass is 10.0. The quantitative estimate of drug-likeness (QED) is 0.204. The van der Waals surface area contributed by atoms with E-state index in [2.05, 4.69) is 5.32 Å². The summed E-state index contributed by atoms with van der Waals surface area (Å²) in [6.45, 7) is 3.44. The zero-order chi connectivity index (χ0) is 31.5. The average molecular weight is 614 g/mol. The van der Waals surface area contributed by atoms with E-state index < -0.39 is 28.5 Å². The molecule has 0 saturated heterocycles. The fourth-order valence-corrected chi connectivity index (χ4v) is 6.24. The molecule has 0 aliphatic heterocycles. The fraction of sp³-hybridized carbons (Fsp3) is 0.257. The lowest BCUT2D eigenvalue weighted by Gasteiger charge is -2.34. The maximum Gasteiger partial charge on any atom is 0.264 e. The van der Waals surface area contributed by atoms with Gasteiger partial charge in [-0.05, 0) is 60.9 Å². The summed E-state index contributed by atoms with van der Waals surface area (Å²) >= 11 is 0. The molecule has 0 unspecified atom stereocenters. The maximum atomic E-state index is 14.5. The molecule has 0 fully saturated rings.